The van der Waals surface area contributed by atoms with Crippen LogP contribution in [0.4, 0.5) is 4.39 Å². The first-order valence-corrected chi connectivity index (χ1v) is 7.17. The molecule has 0 aromatic heterocycles. The van der Waals surface area contributed by atoms with Crippen LogP contribution >= 0.6 is 0 Å². The highest BCUT2D eigenvalue weighted by Crippen LogP contribution is 2.24. The smallest absolute Gasteiger partial charge is 0.131 e. The summed E-state index contributed by atoms with van der Waals surface area (Å²) in [4.78, 5) is 0. The molecule has 0 aliphatic carbocycles. The Bertz CT molecular complexity index is 595. The third kappa shape index (κ3) is 3.82. The van der Waals surface area contributed by atoms with Gasteiger partial charge in [-0.1, -0.05) is 35.9 Å². The second kappa shape index (κ2) is 6.72. The Morgan fingerprint density at radius 1 is 1.00 bits per heavy atom. The fraction of sp³-hybridized carbons (Fsp3) is 0.333. The van der Waals surface area contributed by atoms with E-state index in [1.54, 1.807) is 12.1 Å². The molecule has 0 spiro atoms. The molecule has 2 aromatic carbocycles. The zero-order valence-electron chi connectivity index (χ0n) is 13.0. The van der Waals surface area contributed by atoms with E-state index in [1.807, 2.05) is 6.92 Å². The number of aryl methyl sites for hydroxylation is 1. The van der Waals surface area contributed by atoms with E-state index in [4.69, 9.17) is 4.74 Å². The van der Waals surface area contributed by atoms with Crippen molar-refractivity contribution >= 4 is 0 Å². The van der Waals surface area contributed by atoms with Gasteiger partial charge in [-0.3, -0.25) is 0 Å². The number of benzene rings is 2. The Kier molecular flexibility index (Phi) is 4.97. The number of nitrogens with one attached hydrogen (secondary N) is 1. The summed E-state index contributed by atoms with van der Waals surface area (Å²) in [5.41, 5.74) is 3.08. The van der Waals surface area contributed by atoms with Gasteiger partial charge in [-0.25, -0.2) is 4.39 Å². The zero-order chi connectivity index (χ0) is 15.4. The molecule has 112 valence electrons. The molecule has 2 rings (SSSR count). The highest BCUT2D eigenvalue weighted by atomic mass is 19.1. The minimum Gasteiger partial charge on any atom is -0.497 e. The van der Waals surface area contributed by atoms with E-state index in [2.05, 4.69) is 43.4 Å². The summed E-state index contributed by atoms with van der Waals surface area (Å²) in [5.74, 6) is 0.292. The van der Waals surface area contributed by atoms with Crippen LogP contribution in [0.5, 0.6) is 5.75 Å². The van der Waals surface area contributed by atoms with Gasteiger partial charge in [0.25, 0.3) is 0 Å². The Hall–Kier alpha value is -1.87. The first-order valence-electron chi connectivity index (χ1n) is 7.17. The van der Waals surface area contributed by atoms with Crippen molar-refractivity contribution in [3.63, 3.8) is 0 Å². The van der Waals surface area contributed by atoms with Crippen LogP contribution in [0, 0.1) is 12.7 Å². The minimum atomic E-state index is -0.245. The molecule has 0 saturated carbocycles. The zero-order valence-corrected chi connectivity index (χ0v) is 13.0. The number of rotatable bonds is 5. The van der Waals surface area contributed by atoms with Crippen LogP contribution in [0.1, 0.15) is 42.6 Å². The lowest BCUT2D eigenvalue weighted by Gasteiger charge is -2.21. The van der Waals surface area contributed by atoms with Gasteiger partial charge in [-0.05, 0) is 32.4 Å². The average Bonchev–Trinajstić information content (AvgIpc) is 2.47. The van der Waals surface area contributed by atoms with Crippen molar-refractivity contribution in [2.75, 3.05) is 7.11 Å². The molecule has 0 fully saturated rings. The maximum absolute atomic E-state index is 14.1. The predicted octanol–water partition coefficient (Wildman–Crippen LogP) is 4.55. The van der Waals surface area contributed by atoms with Crippen molar-refractivity contribution in [1.82, 2.24) is 5.32 Å². The Labute approximate surface area is 126 Å². The molecule has 1 N–H and O–H groups in total. The van der Waals surface area contributed by atoms with Gasteiger partial charge in [0.1, 0.15) is 11.6 Å². The fourth-order valence-corrected chi connectivity index (χ4v) is 2.40. The standard InChI is InChI=1S/C18H22FNO/c1-12-5-7-15(8-6-12)13(2)20-14(3)17-10-9-16(21-4)11-18(17)19/h5-11,13-14,20H,1-4H3/t13-,14?/m0/s1. The van der Waals surface area contributed by atoms with Gasteiger partial charge in [0.2, 0.25) is 0 Å². The van der Waals surface area contributed by atoms with Crippen LogP contribution < -0.4 is 10.1 Å². The lowest BCUT2D eigenvalue weighted by atomic mass is 10.0. The molecule has 0 aliphatic heterocycles. The molecular weight excluding hydrogens is 265 g/mol. The summed E-state index contributed by atoms with van der Waals surface area (Å²) >= 11 is 0. The lowest BCUT2D eigenvalue weighted by molar-refractivity contribution is 0.408. The largest absolute Gasteiger partial charge is 0.497 e. The topological polar surface area (TPSA) is 21.3 Å². The van der Waals surface area contributed by atoms with Crippen LogP contribution in [-0.2, 0) is 0 Å². The summed E-state index contributed by atoms with van der Waals surface area (Å²) in [6.07, 6.45) is 0. The molecule has 2 aromatic rings. The molecule has 0 bridgehead atoms. The maximum Gasteiger partial charge on any atom is 0.131 e. The molecule has 0 amide bonds. The fourth-order valence-electron chi connectivity index (χ4n) is 2.40. The molecule has 0 radical (unpaired) electrons. The van der Waals surface area contributed by atoms with Gasteiger partial charge in [0.15, 0.2) is 0 Å². The summed E-state index contributed by atoms with van der Waals surface area (Å²) < 4.78 is 19.1. The molecule has 1 unspecified atom stereocenters. The number of halogens is 1. The number of hydrogen-bond donors (Lipinski definition) is 1. The van der Waals surface area contributed by atoms with E-state index < -0.39 is 0 Å². The van der Waals surface area contributed by atoms with Gasteiger partial charge < -0.3 is 10.1 Å². The molecule has 0 heterocycles. The Morgan fingerprint density at radius 2 is 1.67 bits per heavy atom. The third-order valence-electron chi connectivity index (χ3n) is 3.75. The normalized spacial score (nSPS) is 13.8. The monoisotopic (exact) mass is 287 g/mol. The van der Waals surface area contributed by atoms with Crippen molar-refractivity contribution in [1.29, 1.82) is 0 Å². The molecule has 3 heteroatoms. The van der Waals surface area contributed by atoms with E-state index in [-0.39, 0.29) is 17.9 Å². The second-order valence-electron chi connectivity index (χ2n) is 5.41. The van der Waals surface area contributed by atoms with Crippen LogP contribution in [-0.4, -0.2) is 7.11 Å². The highest BCUT2D eigenvalue weighted by Gasteiger charge is 2.15. The van der Waals surface area contributed by atoms with E-state index in [9.17, 15) is 4.39 Å². The van der Waals surface area contributed by atoms with E-state index in [0.29, 0.717) is 11.3 Å². The predicted molar refractivity (Wildman–Crippen MR) is 84.1 cm³/mol. The van der Waals surface area contributed by atoms with Crippen molar-refractivity contribution in [3.05, 3.63) is 65.0 Å². The number of methoxy groups -OCH3 is 1. The van der Waals surface area contributed by atoms with E-state index in [1.165, 1.54) is 24.3 Å². The number of hydrogen-bond acceptors (Lipinski definition) is 2. The third-order valence-corrected chi connectivity index (χ3v) is 3.75. The molecule has 21 heavy (non-hydrogen) atoms. The SMILES string of the molecule is COc1ccc(C(C)N[C@@H](C)c2ccc(C)cc2)c(F)c1. The molecule has 0 saturated heterocycles. The maximum atomic E-state index is 14.1. The molecule has 2 nitrogen and oxygen atoms in total. The summed E-state index contributed by atoms with van der Waals surface area (Å²) in [5, 5.41) is 3.43. The van der Waals surface area contributed by atoms with Gasteiger partial charge in [0, 0.05) is 23.7 Å². The first-order chi connectivity index (χ1) is 10.0. The van der Waals surface area contributed by atoms with Crippen molar-refractivity contribution in [3.8, 4) is 5.75 Å². The summed E-state index contributed by atoms with van der Waals surface area (Å²) in [6, 6.07) is 13.4. The molecule has 2 atom stereocenters. The van der Waals surface area contributed by atoms with Gasteiger partial charge in [-0.2, -0.15) is 0 Å². The Balaban J connectivity index is 2.10. The van der Waals surface area contributed by atoms with Gasteiger partial charge in [-0.15, -0.1) is 0 Å². The first kappa shape index (κ1) is 15.5. The van der Waals surface area contributed by atoms with Crippen molar-refractivity contribution in [2.45, 2.75) is 32.9 Å². The van der Waals surface area contributed by atoms with Crippen molar-refractivity contribution in [2.24, 2.45) is 0 Å². The van der Waals surface area contributed by atoms with Crippen LogP contribution in [0.3, 0.4) is 0 Å². The van der Waals surface area contributed by atoms with E-state index in [0.717, 1.165) is 0 Å². The minimum absolute atomic E-state index is 0.0767. The quantitative estimate of drug-likeness (QED) is 0.870. The Morgan fingerprint density at radius 3 is 2.24 bits per heavy atom. The van der Waals surface area contributed by atoms with Crippen LogP contribution in [0.25, 0.3) is 0 Å². The van der Waals surface area contributed by atoms with Crippen molar-refractivity contribution < 1.29 is 9.13 Å². The second-order valence-corrected chi connectivity index (χ2v) is 5.41. The highest BCUT2D eigenvalue weighted by molar-refractivity contribution is 5.31. The summed E-state index contributed by atoms with van der Waals surface area (Å²) in [6.45, 7) is 6.12. The molecule has 0 aliphatic rings. The van der Waals surface area contributed by atoms with E-state index >= 15 is 0 Å². The number of ether oxygens (including phenoxy) is 1. The van der Waals surface area contributed by atoms with Gasteiger partial charge >= 0.3 is 0 Å². The van der Waals surface area contributed by atoms with Crippen LogP contribution in [0.2, 0.25) is 0 Å². The molecular formula is C18H22FNO. The van der Waals surface area contributed by atoms with Gasteiger partial charge in [0.05, 0.1) is 7.11 Å². The van der Waals surface area contributed by atoms with Crippen LogP contribution in [0.15, 0.2) is 42.5 Å². The average molecular weight is 287 g/mol. The lowest BCUT2D eigenvalue weighted by Crippen LogP contribution is -2.23. The summed E-state index contributed by atoms with van der Waals surface area (Å²) in [7, 11) is 1.54.